The Bertz CT molecular complexity index is 511. The number of hydrogen-bond acceptors (Lipinski definition) is 3. The van der Waals surface area contributed by atoms with Crippen LogP contribution in [0.15, 0.2) is 36.5 Å². The van der Waals surface area contributed by atoms with Crippen LogP contribution in [0.25, 0.3) is 11.1 Å². The summed E-state index contributed by atoms with van der Waals surface area (Å²) in [4.78, 5) is 4.04. The average Bonchev–Trinajstić information content (AvgIpc) is 2.31. The fraction of sp³-hybridized carbons (Fsp3) is 0.154. The Morgan fingerprint density at radius 3 is 2.71 bits per heavy atom. The van der Waals surface area contributed by atoms with E-state index < -0.39 is 0 Å². The SMILES string of the molecule is CCOc1ccc(-c2ccc(N)nc2)c(Cl)c1. The zero-order valence-corrected chi connectivity index (χ0v) is 10.2. The summed E-state index contributed by atoms with van der Waals surface area (Å²) in [5.74, 6) is 1.26. The van der Waals surface area contributed by atoms with Gasteiger partial charge in [0.1, 0.15) is 11.6 Å². The van der Waals surface area contributed by atoms with Gasteiger partial charge in [-0.25, -0.2) is 4.98 Å². The van der Waals surface area contributed by atoms with E-state index >= 15 is 0 Å². The zero-order chi connectivity index (χ0) is 12.3. The van der Waals surface area contributed by atoms with Crippen molar-refractivity contribution in [3.05, 3.63) is 41.6 Å². The first-order valence-corrected chi connectivity index (χ1v) is 5.72. The van der Waals surface area contributed by atoms with Crippen LogP contribution in [0.4, 0.5) is 5.82 Å². The van der Waals surface area contributed by atoms with E-state index in [1.54, 1.807) is 18.3 Å². The van der Waals surface area contributed by atoms with Crippen LogP contribution in [0, 0.1) is 0 Å². The highest BCUT2D eigenvalue weighted by molar-refractivity contribution is 6.33. The Hall–Kier alpha value is -1.74. The molecule has 3 nitrogen and oxygen atoms in total. The smallest absolute Gasteiger partial charge is 0.123 e. The topological polar surface area (TPSA) is 48.1 Å². The van der Waals surface area contributed by atoms with Crippen LogP contribution in [-0.2, 0) is 0 Å². The van der Waals surface area contributed by atoms with E-state index in [1.165, 1.54) is 0 Å². The number of aromatic nitrogens is 1. The minimum absolute atomic E-state index is 0.496. The Kier molecular flexibility index (Phi) is 3.49. The maximum Gasteiger partial charge on any atom is 0.123 e. The molecular weight excluding hydrogens is 236 g/mol. The second kappa shape index (κ2) is 5.06. The number of nitrogen functional groups attached to an aromatic ring is 1. The van der Waals surface area contributed by atoms with Gasteiger partial charge in [-0.15, -0.1) is 0 Å². The molecule has 1 aromatic carbocycles. The van der Waals surface area contributed by atoms with Crippen LogP contribution in [0.5, 0.6) is 5.75 Å². The molecule has 17 heavy (non-hydrogen) atoms. The third kappa shape index (κ3) is 2.68. The van der Waals surface area contributed by atoms with Crippen molar-refractivity contribution in [1.82, 2.24) is 4.98 Å². The summed E-state index contributed by atoms with van der Waals surface area (Å²) in [5, 5.41) is 0.641. The molecule has 1 aromatic heterocycles. The Morgan fingerprint density at radius 2 is 2.12 bits per heavy atom. The molecule has 0 aliphatic heterocycles. The summed E-state index contributed by atoms with van der Waals surface area (Å²) in [5.41, 5.74) is 7.40. The molecule has 0 saturated carbocycles. The standard InChI is InChI=1S/C13H13ClN2O/c1-2-17-10-4-5-11(12(14)7-10)9-3-6-13(15)16-8-9/h3-8H,2H2,1H3,(H2,15,16). The lowest BCUT2D eigenvalue weighted by Gasteiger charge is -2.07. The van der Waals surface area contributed by atoms with Crippen molar-refractivity contribution in [2.45, 2.75) is 6.92 Å². The van der Waals surface area contributed by atoms with Crippen molar-refractivity contribution >= 4 is 17.4 Å². The molecule has 88 valence electrons. The lowest BCUT2D eigenvalue weighted by molar-refractivity contribution is 0.340. The molecule has 0 unspecified atom stereocenters. The summed E-state index contributed by atoms with van der Waals surface area (Å²) in [6.07, 6.45) is 1.71. The molecule has 0 atom stereocenters. The minimum atomic E-state index is 0.496. The van der Waals surface area contributed by atoms with Crippen molar-refractivity contribution in [2.75, 3.05) is 12.3 Å². The van der Waals surface area contributed by atoms with Gasteiger partial charge in [-0.2, -0.15) is 0 Å². The van der Waals surface area contributed by atoms with Gasteiger partial charge in [-0.05, 0) is 37.3 Å². The molecule has 2 aromatic rings. The minimum Gasteiger partial charge on any atom is -0.494 e. The second-order valence-electron chi connectivity index (χ2n) is 3.55. The highest BCUT2D eigenvalue weighted by Gasteiger charge is 2.05. The molecule has 0 fully saturated rings. The third-order valence-corrected chi connectivity index (χ3v) is 2.66. The summed E-state index contributed by atoms with van der Waals surface area (Å²) in [6.45, 7) is 2.56. The number of anilines is 1. The first kappa shape index (κ1) is 11.7. The average molecular weight is 249 g/mol. The molecule has 2 N–H and O–H groups in total. The normalized spacial score (nSPS) is 10.2. The van der Waals surface area contributed by atoms with Crippen LogP contribution in [0.1, 0.15) is 6.92 Å². The second-order valence-corrected chi connectivity index (χ2v) is 3.95. The van der Waals surface area contributed by atoms with E-state index in [0.29, 0.717) is 17.4 Å². The Balaban J connectivity index is 2.36. The molecule has 0 spiro atoms. The van der Waals surface area contributed by atoms with Crippen LogP contribution < -0.4 is 10.5 Å². The van der Waals surface area contributed by atoms with E-state index in [-0.39, 0.29) is 0 Å². The van der Waals surface area contributed by atoms with Crippen LogP contribution in [-0.4, -0.2) is 11.6 Å². The molecule has 4 heteroatoms. The predicted molar refractivity (Wildman–Crippen MR) is 70.3 cm³/mol. The molecule has 0 saturated heterocycles. The quantitative estimate of drug-likeness (QED) is 0.906. The fourth-order valence-corrected chi connectivity index (χ4v) is 1.83. The molecule has 0 aliphatic rings. The number of pyridine rings is 1. The van der Waals surface area contributed by atoms with Gasteiger partial charge in [0, 0.05) is 17.3 Å². The van der Waals surface area contributed by atoms with Gasteiger partial charge in [0.2, 0.25) is 0 Å². The number of halogens is 1. The van der Waals surface area contributed by atoms with Gasteiger partial charge >= 0.3 is 0 Å². The molecule has 0 amide bonds. The van der Waals surface area contributed by atoms with Gasteiger partial charge < -0.3 is 10.5 Å². The molecule has 0 bridgehead atoms. The Labute approximate surface area is 105 Å². The van der Waals surface area contributed by atoms with E-state index in [2.05, 4.69) is 4.98 Å². The van der Waals surface area contributed by atoms with Crippen LogP contribution in [0.3, 0.4) is 0 Å². The van der Waals surface area contributed by atoms with Crippen molar-refractivity contribution in [3.8, 4) is 16.9 Å². The number of rotatable bonds is 3. The van der Waals surface area contributed by atoms with Crippen molar-refractivity contribution in [1.29, 1.82) is 0 Å². The van der Waals surface area contributed by atoms with E-state index in [1.807, 2.05) is 25.1 Å². The van der Waals surface area contributed by atoms with Gasteiger partial charge in [0.25, 0.3) is 0 Å². The molecule has 1 heterocycles. The maximum atomic E-state index is 6.20. The predicted octanol–water partition coefficient (Wildman–Crippen LogP) is 3.38. The third-order valence-electron chi connectivity index (χ3n) is 2.35. The number of nitrogens with two attached hydrogens (primary N) is 1. The maximum absolute atomic E-state index is 6.20. The van der Waals surface area contributed by atoms with Gasteiger partial charge in [-0.3, -0.25) is 0 Å². The van der Waals surface area contributed by atoms with Crippen molar-refractivity contribution in [3.63, 3.8) is 0 Å². The monoisotopic (exact) mass is 248 g/mol. The Morgan fingerprint density at radius 1 is 1.29 bits per heavy atom. The first-order chi connectivity index (χ1) is 8.20. The van der Waals surface area contributed by atoms with Crippen LogP contribution >= 0.6 is 11.6 Å². The van der Waals surface area contributed by atoms with E-state index in [9.17, 15) is 0 Å². The largest absolute Gasteiger partial charge is 0.494 e. The number of ether oxygens (including phenoxy) is 1. The lowest BCUT2D eigenvalue weighted by atomic mass is 10.1. The molecule has 0 aliphatic carbocycles. The molecule has 2 rings (SSSR count). The number of benzene rings is 1. The van der Waals surface area contributed by atoms with Gasteiger partial charge in [-0.1, -0.05) is 11.6 Å². The van der Waals surface area contributed by atoms with Gasteiger partial charge in [0.05, 0.1) is 11.6 Å². The van der Waals surface area contributed by atoms with Crippen LogP contribution in [0.2, 0.25) is 5.02 Å². The van der Waals surface area contributed by atoms with E-state index in [0.717, 1.165) is 16.9 Å². The zero-order valence-electron chi connectivity index (χ0n) is 9.48. The van der Waals surface area contributed by atoms with Crippen molar-refractivity contribution < 1.29 is 4.74 Å². The number of hydrogen-bond donors (Lipinski definition) is 1. The van der Waals surface area contributed by atoms with Gasteiger partial charge in [0.15, 0.2) is 0 Å². The highest BCUT2D eigenvalue weighted by Crippen LogP contribution is 2.30. The summed E-state index contributed by atoms with van der Waals surface area (Å²) >= 11 is 6.20. The summed E-state index contributed by atoms with van der Waals surface area (Å²) < 4.78 is 5.38. The van der Waals surface area contributed by atoms with E-state index in [4.69, 9.17) is 22.1 Å². The summed E-state index contributed by atoms with van der Waals surface area (Å²) in [6, 6.07) is 9.25. The first-order valence-electron chi connectivity index (χ1n) is 5.35. The molecule has 0 radical (unpaired) electrons. The van der Waals surface area contributed by atoms with Crippen molar-refractivity contribution in [2.24, 2.45) is 0 Å². The number of nitrogens with zero attached hydrogens (tertiary/aromatic N) is 1. The lowest BCUT2D eigenvalue weighted by Crippen LogP contribution is -1.92. The molecular formula is C13H13ClN2O. The fourth-order valence-electron chi connectivity index (χ4n) is 1.55. The summed E-state index contributed by atoms with van der Waals surface area (Å²) in [7, 11) is 0. The highest BCUT2D eigenvalue weighted by atomic mass is 35.5.